The number of piperidine rings is 1. The van der Waals surface area contributed by atoms with Crippen LogP contribution in [-0.4, -0.2) is 43.3 Å². The predicted octanol–water partition coefficient (Wildman–Crippen LogP) is -2.72. The van der Waals surface area contributed by atoms with Crippen LogP contribution in [0.25, 0.3) is 0 Å². The van der Waals surface area contributed by atoms with Crippen LogP contribution in [-0.2, 0) is 19.2 Å². The number of carbonyl (C=O) groups is 4. The molecule has 1 aliphatic rings. The number of carboxylic acid groups (broad SMARTS) is 1. The monoisotopic (exact) mass is 284 g/mol. The Hall–Kier alpha value is -2.12. The summed E-state index contributed by atoms with van der Waals surface area (Å²) < 4.78 is 0. The zero-order valence-corrected chi connectivity index (χ0v) is 11.1. The van der Waals surface area contributed by atoms with Gasteiger partial charge in [0.1, 0.15) is 5.92 Å². The summed E-state index contributed by atoms with van der Waals surface area (Å²) in [6.07, 6.45) is 0.807. The fraction of sp³-hybridized carbons (Fsp3) is 0.667. The number of carboxylic acids is 1. The first-order chi connectivity index (χ1) is 9.50. The van der Waals surface area contributed by atoms with Crippen LogP contribution in [0.15, 0.2) is 0 Å². The quantitative estimate of drug-likeness (QED) is 0.345. The zero-order chi connectivity index (χ0) is 15.0. The van der Waals surface area contributed by atoms with Gasteiger partial charge in [0.15, 0.2) is 0 Å². The second-order valence-electron chi connectivity index (χ2n) is 4.50. The Morgan fingerprint density at radius 2 is 1.90 bits per heavy atom. The highest BCUT2D eigenvalue weighted by Gasteiger charge is 2.28. The van der Waals surface area contributed by atoms with Crippen molar-refractivity contribution < 1.29 is 24.3 Å². The standard InChI is InChI=1S/C12H19N3O5/c16-9(3-4-10(17)18)13-6-7-15-12(20)8-2-1-5-14-11(8)19/h8H,1-7H2,(H,13,16)(H,14,19)(H,15,20)(H,17,18)/p-1/t8-/m0/s1. The first kappa shape index (κ1) is 15.9. The van der Waals surface area contributed by atoms with Gasteiger partial charge in [-0.2, -0.15) is 0 Å². The Kier molecular flexibility index (Phi) is 6.48. The maximum absolute atomic E-state index is 11.7. The Morgan fingerprint density at radius 3 is 2.55 bits per heavy atom. The summed E-state index contributed by atoms with van der Waals surface area (Å²) in [4.78, 5) is 44.4. The number of carbonyl (C=O) groups excluding carboxylic acids is 4. The summed E-state index contributed by atoms with van der Waals surface area (Å²) in [5, 5.41) is 17.8. The SMILES string of the molecule is O=C([O-])CCC(=O)NCCNC(=O)[C@H]1CCCNC1=O. The molecule has 3 amide bonds. The summed E-state index contributed by atoms with van der Waals surface area (Å²) in [6.45, 7) is 0.975. The van der Waals surface area contributed by atoms with Gasteiger partial charge in [-0.25, -0.2) is 0 Å². The summed E-state index contributed by atoms with van der Waals surface area (Å²) in [5.41, 5.74) is 0. The highest BCUT2D eigenvalue weighted by Crippen LogP contribution is 2.10. The first-order valence-corrected chi connectivity index (χ1v) is 6.52. The van der Waals surface area contributed by atoms with Crippen LogP contribution >= 0.6 is 0 Å². The van der Waals surface area contributed by atoms with Gasteiger partial charge in [0.25, 0.3) is 0 Å². The summed E-state index contributed by atoms with van der Waals surface area (Å²) in [6, 6.07) is 0. The molecule has 1 atom stereocenters. The molecule has 0 aliphatic carbocycles. The molecule has 0 aromatic rings. The van der Waals surface area contributed by atoms with E-state index in [0.717, 1.165) is 6.42 Å². The van der Waals surface area contributed by atoms with E-state index in [1.165, 1.54) is 0 Å². The van der Waals surface area contributed by atoms with Crippen molar-refractivity contribution in [1.29, 1.82) is 0 Å². The average molecular weight is 284 g/mol. The maximum atomic E-state index is 11.7. The van der Waals surface area contributed by atoms with E-state index in [2.05, 4.69) is 16.0 Å². The number of hydrogen-bond donors (Lipinski definition) is 3. The third kappa shape index (κ3) is 5.68. The largest absolute Gasteiger partial charge is 0.550 e. The highest BCUT2D eigenvalue weighted by molar-refractivity contribution is 6.00. The molecule has 0 radical (unpaired) electrons. The van der Waals surface area contributed by atoms with Gasteiger partial charge in [0, 0.05) is 32.0 Å². The minimum atomic E-state index is -1.28. The van der Waals surface area contributed by atoms with E-state index in [1.807, 2.05) is 0 Å². The van der Waals surface area contributed by atoms with Crippen LogP contribution in [0.2, 0.25) is 0 Å². The van der Waals surface area contributed by atoms with Crippen LogP contribution in [0.3, 0.4) is 0 Å². The summed E-state index contributed by atoms with van der Waals surface area (Å²) in [7, 11) is 0. The van der Waals surface area contributed by atoms with E-state index < -0.39 is 17.8 Å². The van der Waals surface area contributed by atoms with Gasteiger partial charge in [-0.3, -0.25) is 14.4 Å². The van der Waals surface area contributed by atoms with Crippen molar-refractivity contribution >= 4 is 23.7 Å². The van der Waals surface area contributed by atoms with Crippen molar-refractivity contribution in [2.75, 3.05) is 19.6 Å². The third-order valence-corrected chi connectivity index (χ3v) is 2.90. The first-order valence-electron chi connectivity index (χ1n) is 6.52. The smallest absolute Gasteiger partial charge is 0.232 e. The highest BCUT2D eigenvalue weighted by atomic mass is 16.4. The lowest BCUT2D eigenvalue weighted by atomic mass is 9.98. The second kappa shape index (κ2) is 8.13. The molecule has 112 valence electrons. The maximum Gasteiger partial charge on any atom is 0.232 e. The van der Waals surface area contributed by atoms with Crippen molar-refractivity contribution in [2.45, 2.75) is 25.7 Å². The Labute approximate surface area is 116 Å². The van der Waals surface area contributed by atoms with Gasteiger partial charge in [0.2, 0.25) is 17.7 Å². The number of hydrogen-bond acceptors (Lipinski definition) is 5. The number of rotatable bonds is 7. The lowest BCUT2D eigenvalue weighted by Gasteiger charge is -2.21. The molecule has 1 heterocycles. The normalized spacial score (nSPS) is 18.0. The lowest BCUT2D eigenvalue weighted by Crippen LogP contribution is -2.46. The summed E-state index contributed by atoms with van der Waals surface area (Å²) in [5.74, 6) is -2.99. The van der Waals surface area contributed by atoms with E-state index in [0.29, 0.717) is 13.0 Å². The van der Waals surface area contributed by atoms with E-state index >= 15 is 0 Å². The molecule has 0 aromatic heterocycles. The third-order valence-electron chi connectivity index (χ3n) is 2.90. The van der Waals surface area contributed by atoms with E-state index in [9.17, 15) is 24.3 Å². The van der Waals surface area contributed by atoms with Gasteiger partial charge in [-0.15, -0.1) is 0 Å². The molecular formula is C12H18N3O5-. The van der Waals surface area contributed by atoms with E-state index in [-0.39, 0.29) is 37.7 Å². The molecule has 1 fully saturated rings. The number of nitrogens with one attached hydrogen (secondary N) is 3. The average Bonchev–Trinajstić information content (AvgIpc) is 2.41. The lowest BCUT2D eigenvalue weighted by molar-refractivity contribution is -0.305. The molecule has 0 unspecified atom stereocenters. The minimum absolute atomic E-state index is 0.151. The van der Waals surface area contributed by atoms with Crippen LogP contribution < -0.4 is 21.1 Å². The number of amides is 3. The molecule has 3 N–H and O–H groups in total. The molecule has 20 heavy (non-hydrogen) atoms. The predicted molar refractivity (Wildman–Crippen MR) is 66.0 cm³/mol. The molecule has 1 aliphatic heterocycles. The molecule has 0 spiro atoms. The molecule has 1 rings (SSSR count). The van der Waals surface area contributed by atoms with Crippen LogP contribution in [0.5, 0.6) is 0 Å². The van der Waals surface area contributed by atoms with Gasteiger partial charge in [-0.1, -0.05) is 0 Å². The molecule has 8 heteroatoms. The molecule has 1 saturated heterocycles. The fourth-order valence-corrected chi connectivity index (χ4v) is 1.84. The van der Waals surface area contributed by atoms with E-state index in [4.69, 9.17) is 0 Å². The molecule has 8 nitrogen and oxygen atoms in total. The van der Waals surface area contributed by atoms with Crippen LogP contribution in [0.4, 0.5) is 0 Å². The fourth-order valence-electron chi connectivity index (χ4n) is 1.84. The van der Waals surface area contributed by atoms with Crippen molar-refractivity contribution in [1.82, 2.24) is 16.0 Å². The van der Waals surface area contributed by atoms with Crippen molar-refractivity contribution in [2.24, 2.45) is 5.92 Å². The van der Waals surface area contributed by atoms with Gasteiger partial charge in [0.05, 0.1) is 0 Å². The van der Waals surface area contributed by atoms with Gasteiger partial charge >= 0.3 is 0 Å². The Balaban J connectivity index is 2.14. The molecule has 0 aromatic carbocycles. The topological polar surface area (TPSA) is 127 Å². The minimum Gasteiger partial charge on any atom is -0.550 e. The second-order valence-corrected chi connectivity index (χ2v) is 4.50. The Bertz CT molecular complexity index is 397. The van der Waals surface area contributed by atoms with Crippen molar-refractivity contribution in [3.05, 3.63) is 0 Å². The van der Waals surface area contributed by atoms with Gasteiger partial charge < -0.3 is 25.9 Å². The van der Waals surface area contributed by atoms with Crippen LogP contribution in [0, 0.1) is 5.92 Å². The Morgan fingerprint density at radius 1 is 1.20 bits per heavy atom. The molecule has 0 bridgehead atoms. The molecular weight excluding hydrogens is 266 g/mol. The van der Waals surface area contributed by atoms with Gasteiger partial charge in [-0.05, 0) is 19.3 Å². The van der Waals surface area contributed by atoms with E-state index in [1.54, 1.807) is 0 Å². The number of aliphatic carboxylic acids is 1. The van der Waals surface area contributed by atoms with Crippen molar-refractivity contribution in [3.8, 4) is 0 Å². The summed E-state index contributed by atoms with van der Waals surface area (Å²) >= 11 is 0. The zero-order valence-electron chi connectivity index (χ0n) is 11.1. The van der Waals surface area contributed by atoms with Crippen LogP contribution in [0.1, 0.15) is 25.7 Å². The molecule has 0 saturated carbocycles. The van der Waals surface area contributed by atoms with Crippen molar-refractivity contribution in [3.63, 3.8) is 0 Å².